The number of halogens is 1. The maximum Gasteiger partial charge on any atom is 0.223 e. The smallest absolute Gasteiger partial charge is 0.223 e. The number of nitrogens with zero attached hydrogens (tertiary/aromatic N) is 1. The summed E-state index contributed by atoms with van der Waals surface area (Å²) in [5.41, 5.74) is 2.95. The van der Waals surface area contributed by atoms with E-state index in [1.807, 2.05) is 12.1 Å². The Hall–Kier alpha value is -0.870. The third-order valence-electron chi connectivity index (χ3n) is 3.15. The van der Waals surface area contributed by atoms with Crippen molar-refractivity contribution in [1.29, 1.82) is 0 Å². The Morgan fingerprint density at radius 1 is 1.53 bits per heavy atom. The van der Waals surface area contributed by atoms with Crippen LogP contribution in [0.4, 0.5) is 5.69 Å². The second kappa shape index (κ2) is 4.78. The van der Waals surface area contributed by atoms with Crippen LogP contribution in [0.3, 0.4) is 0 Å². The minimum Gasteiger partial charge on any atom is -0.389 e. The van der Waals surface area contributed by atoms with E-state index < -0.39 is 6.10 Å². The standard InChI is InChI=1S/C13H16BrNO2/c1-8(16)11-7-13-10(6-12(11)14)4-3-5-15(13)9(2)17/h6-8,16H,3-5H2,1-2H3/t8-/m1/s1. The number of amides is 1. The molecule has 1 aromatic rings. The summed E-state index contributed by atoms with van der Waals surface area (Å²) in [5, 5.41) is 9.70. The summed E-state index contributed by atoms with van der Waals surface area (Å²) in [4.78, 5) is 13.4. The van der Waals surface area contributed by atoms with Gasteiger partial charge in [-0.25, -0.2) is 0 Å². The number of aryl methyl sites for hydroxylation is 1. The second-order valence-corrected chi connectivity index (χ2v) is 5.31. The molecule has 3 nitrogen and oxygen atoms in total. The van der Waals surface area contributed by atoms with Crippen LogP contribution in [0.1, 0.15) is 37.5 Å². The Morgan fingerprint density at radius 2 is 2.24 bits per heavy atom. The van der Waals surface area contributed by atoms with Gasteiger partial charge in [0.2, 0.25) is 5.91 Å². The van der Waals surface area contributed by atoms with Crippen LogP contribution in [-0.2, 0) is 11.2 Å². The molecule has 4 heteroatoms. The number of aliphatic hydroxyl groups excluding tert-OH is 1. The predicted octanol–water partition coefficient (Wildman–Crippen LogP) is 2.80. The minimum atomic E-state index is -0.537. The number of fused-ring (bicyclic) bond motifs is 1. The van der Waals surface area contributed by atoms with E-state index in [0.29, 0.717) is 0 Å². The first-order valence-electron chi connectivity index (χ1n) is 5.79. The zero-order valence-electron chi connectivity index (χ0n) is 10.0. The van der Waals surface area contributed by atoms with Gasteiger partial charge in [-0.1, -0.05) is 15.9 Å². The van der Waals surface area contributed by atoms with Crippen molar-refractivity contribution in [2.75, 3.05) is 11.4 Å². The lowest BCUT2D eigenvalue weighted by Gasteiger charge is -2.29. The molecule has 1 N–H and O–H groups in total. The molecule has 1 heterocycles. The summed E-state index contributed by atoms with van der Waals surface area (Å²) >= 11 is 3.47. The fourth-order valence-electron chi connectivity index (χ4n) is 2.27. The van der Waals surface area contributed by atoms with Gasteiger partial charge < -0.3 is 10.0 Å². The molecule has 1 aliphatic rings. The summed E-state index contributed by atoms with van der Waals surface area (Å²) in [7, 11) is 0. The van der Waals surface area contributed by atoms with Crippen molar-refractivity contribution in [3.05, 3.63) is 27.7 Å². The van der Waals surface area contributed by atoms with Gasteiger partial charge in [0.15, 0.2) is 0 Å². The average Bonchev–Trinajstić information content (AvgIpc) is 2.26. The summed E-state index contributed by atoms with van der Waals surface area (Å²) in [5.74, 6) is 0.0600. The maximum absolute atomic E-state index is 11.6. The number of benzene rings is 1. The van der Waals surface area contributed by atoms with Crippen molar-refractivity contribution < 1.29 is 9.90 Å². The van der Waals surface area contributed by atoms with E-state index >= 15 is 0 Å². The molecule has 1 aliphatic heterocycles. The molecular weight excluding hydrogens is 282 g/mol. The first-order chi connectivity index (χ1) is 8.00. The molecular formula is C13H16BrNO2. The molecule has 0 saturated carbocycles. The van der Waals surface area contributed by atoms with Gasteiger partial charge >= 0.3 is 0 Å². The number of carbonyl (C=O) groups is 1. The number of carbonyl (C=O) groups excluding carboxylic acids is 1. The highest BCUT2D eigenvalue weighted by Crippen LogP contribution is 2.35. The molecule has 0 aliphatic carbocycles. The Kier molecular flexibility index (Phi) is 3.54. The molecule has 1 aromatic carbocycles. The topological polar surface area (TPSA) is 40.5 Å². The summed E-state index contributed by atoms with van der Waals surface area (Å²) < 4.78 is 0.914. The van der Waals surface area contributed by atoms with Gasteiger partial charge in [-0.05, 0) is 43.0 Å². The number of rotatable bonds is 1. The minimum absolute atomic E-state index is 0.0600. The van der Waals surface area contributed by atoms with Gasteiger partial charge in [-0.3, -0.25) is 4.79 Å². The summed E-state index contributed by atoms with van der Waals surface area (Å²) in [6.45, 7) is 4.08. The zero-order valence-corrected chi connectivity index (χ0v) is 11.6. The predicted molar refractivity (Wildman–Crippen MR) is 71.1 cm³/mol. The maximum atomic E-state index is 11.6. The van der Waals surface area contributed by atoms with E-state index in [2.05, 4.69) is 15.9 Å². The van der Waals surface area contributed by atoms with E-state index in [-0.39, 0.29) is 5.91 Å². The molecule has 0 radical (unpaired) electrons. The number of anilines is 1. The van der Waals surface area contributed by atoms with Crippen molar-refractivity contribution in [3.63, 3.8) is 0 Å². The normalized spacial score (nSPS) is 16.6. The van der Waals surface area contributed by atoms with Crippen molar-refractivity contribution in [2.45, 2.75) is 32.8 Å². The number of aliphatic hydroxyl groups is 1. The van der Waals surface area contributed by atoms with Crippen molar-refractivity contribution in [2.24, 2.45) is 0 Å². The molecule has 17 heavy (non-hydrogen) atoms. The van der Waals surface area contributed by atoms with E-state index in [1.54, 1.807) is 18.7 Å². The molecule has 0 bridgehead atoms. The average molecular weight is 298 g/mol. The number of hydrogen-bond donors (Lipinski definition) is 1. The Labute approximate surface area is 110 Å². The monoisotopic (exact) mass is 297 g/mol. The molecule has 0 fully saturated rings. The molecule has 1 atom stereocenters. The lowest BCUT2D eigenvalue weighted by molar-refractivity contribution is -0.116. The van der Waals surface area contributed by atoms with Crippen molar-refractivity contribution >= 4 is 27.5 Å². The lowest BCUT2D eigenvalue weighted by Crippen LogP contribution is -2.33. The Balaban J connectivity index is 2.53. The van der Waals surface area contributed by atoms with Crippen LogP contribution >= 0.6 is 15.9 Å². The fraction of sp³-hybridized carbons (Fsp3) is 0.462. The van der Waals surface area contributed by atoms with Crippen LogP contribution in [0.25, 0.3) is 0 Å². The Morgan fingerprint density at radius 3 is 2.82 bits per heavy atom. The highest BCUT2D eigenvalue weighted by molar-refractivity contribution is 9.10. The third-order valence-corrected chi connectivity index (χ3v) is 3.83. The molecule has 0 aromatic heterocycles. The van der Waals surface area contributed by atoms with E-state index in [4.69, 9.17) is 0 Å². The second-order valence-electron chi connectivity index (χ2n) is 4.45. The first kappa shape index (κ1) is 12.6. The van der Waals surface area contributed by atoms with Crippen LogP contribution in [0.5, 0.6) is 0 Å². The highest BCUT2D eigenvalue weighted by Gasteiger charge is 2.22. The summed E-state index contributed by atoms with van der Waals surface area (Å²) in [6, 6.07) is 3.94. The lowest BCUT2D eigenvalue weighted by atomic mass is 9.98. The van der Waals surface area contributed by atoms with Gasteiger partial charge in [-0.15, -0.1) is 0 Å². The molecule has 0 unspecified atom stereocenters. The fourth-order valence-corrected chi connectivity index (χ4v) is 2.99. The molecule has 0 spiro atoms. The SMILES string of the molecule is CC(=O)N1CCCc2cc(Br)c([C@@H](C)O)cc21. The Bertz CT molecular complexity index is 457. The van der Waals surface area contributed by atoms with Gasteiger partial charge in [0.05, 0.1) is 6.10 Å². The number of hydrogen-bond acceptors (Lipinski definition) is 2. The van der Waals surface area contributed by atoms with E-state index in [1.165, 1.54) is 5.56 Å². The van der Waals surface area contributed by atoms with Crippen LogP contribution in [0, 0.1) is 0 Å². The summed E-state index contributed by atoms with van der Waals surface area (Å²) in [6.07, 6.45) is 1.44. The molecule has 92 valence electrons. The molecule has 0 saturated heterocycles. The van der Waals surface area contributed by atoms with E-state index in [0.717, 1.165) is 35.1 Å². The van der Waals surface area contributed by atoms with Gasteiger partial charge in [0.25, 0.3) is 0 Å². The first-order valence-corrected chi connectivity index (χ1v) is 6.58. The van der Waals surface area contributed by atoms with Gasteiger partial charge in [0.1, 0.15) is 0 Å². The van der Waals surface area contributed by atoms with E-state index in [9.17, 15) is 9.90 Å². The molecule has 2 rings (SSSR count). The van der Waals surface area contributed by atoms with Crippen molar-refractivity contribution in [1.82, 2.24) is 0 Å². The zero-order chi connectivity index (χ0) is 12.6. The van der Waals surface area contributed by atoms with Gasteiger partial charge in [-0.2, -0.15) is 0 Å². The van der Waals surface area contributed by atoms with Crippen LogP contribution in [0.2, 0.25) is 0 Å². The highest BCUT2D eigenvalue weighted by atomic mass is 79.9. The van der Waals surface area contributed by atoms with Crippen molar-refractivity contribution in [3.8, 4) is 0 Å². The van der Waals surface area contributed by atoms with Gasteiger partial charge in [0, 0.05) is 23.6 Å². The quantitative estimate of drug-likeness (QED) is 0.866. The largest absolute Gasteiger partial charge is 0.389 e. The van der Waals surface area contributed by atoms with Crippen LogP contribution < -0.4 is 4.90 Å². The van der Waals surface area contributed by atoms with Crippen LogP contribution in [-0.4, -0.2) is 17.6 Å². The third kappa shape index (κ3) is 2.38. The van der Waals surface area contributed by atoms with Crippen LogP contribution in [0.15, 0.2) is 16.6 Å². The molecule has 1 amide bonds.